The third-order valence-corrected chi connectivity index (χ3v) is 5.01. The molecule has 0 rings (SSSR count). The second-order valence-corrected chi connectivity index (χ2v) is 7.82. The van der Waals surface area contributed by atoms with Crippen LogP contribution < -0.4 is 27.4 Å². The largest absolute Gasteiger partial charge is 0.480 e. The zero-order chi connectivity index (χ0) is 23.6. The summed E-state index contributed by atoms with van der Waals surface area (Å²) in [6.45, 7) is 6.97. The molecular formula is C18H33N5O6S. The molecule has 0 radical (unpaired) electrons. The highest BCUT2D eigenvalue weighted by atomic mass is 32.1. The number of carbonyl (C=O) groups excluding carboxylic acids is 4. The van der Waals surface area contributed by atoms with Crippen molar-refractivity contribution >= 4 is 42.2 Å². The Morgan fingerprint density at radius 2 is 1.47 bits per heavy atom. The van der Waals surface area contributed by atoms with E-state index in [2.05, 4.69) is 28.6 Å². The Morgan fingerprint density at radius 3 is 1.87 bits per heavy atom. The van der Waals surface area contributed by atoms with E-state index in [0.29, 0.717) is 6.42 Å². The topological polar surface area (TPSA) is 194 Å². The number of carboxylic acids is 1. The van der Waals surface area contributed by atoms with Gasteiger partial charge in [-0.3, -0.25) is 19.2 Å². The molecule has 0 fully saturated rings. The number of nitrogens with one attached hydrogen (secondary N) is 3. The second kappa shape index (κ2) is 13.1. The van der Waals surface area contributed by atoms with Crippen molar-refractivity contribution in [3.8, 4) is 0 Å². The molecule has 0 saturated carbocycles. The third kappa shape index (κ3) is 8.99. The number of amides is 4. The lowest BCUT2D eigenvalue weighted by Crippen LogP contribution is -2.59. The lowest BCUT2D eigenvalue weighted by atomic mass is 9.99. The van der Waals surface area contributed by atoms with E-state index >= 15 is 0 Å². The summed E-state index contributed by atoms with van der Waals surface area (Å²) in [5, 5.41) is 16.3. The summed E-state index contributed by atoms with van der Waals surface area (Å²) in [6, 6.07) is -4.50. The maximum Gasteiger partial charge on any atom is 0.326 e. The van der Waals surface area contributed by atoms with Gasteiger partial charge in [0.25, 0.3) is 0 Å². The summed E-state index contributed by atoms with van der Waals surface area (Å²) in [4.78, 5) is 59.6. The average Bonchev–Trinajstić information content (AvgIpc) is 2.66. The monoisotopic (exact) mass is 447 g/mol. The highest BCUT2D eigenvalue weighted by Gasteiger charge is 2.32. The first-order valence-corrected chi connectivity index (χ1v) is 10.3. The van der Waals surface area contributed by atoms with Gasteiger partial charge in [0.05, 0.1) is 12.5 Å². The summed E-state index contributed by atoms with van der Waals surface area (Å²) in [5.41, 5.74) is 10.9. The summed E-state index contributed by atoms with van der Waals surface area (Å²) in [7, 11) is 0. The number of primary amides is 1. The van der Waals surface area contributed by atoms with Crippen molar-refractivity contribution in [2.45, 2.75) is 64.7 Å². The van der Waals surface area contributed by atoms with E-state index in [1.807, 2.05) is 13.8 Å². The summed E-state index contributed by atoms with van der Waals surface area (Å²) < 4.78 is 0. The molecule has 0 spiro atoms. The minimum absolute atomic E-state index is 0.0450. The lowest BCUT2D eigenvalue weighted by Gasteiger charge is -2.27. The fourth-order valence-corrected chi connectivity index (χ4v) is 2.68. The van der Waals surface area contributed by atoms with Crippen molar-refractivity contribution in [2.24, 2.45) is 23.3 Å². The van der Waals surface area contributed by atoms with Crippen LogP contribution in [0.25, 0.3) is 0 Å². The first-order chi connectivity index (χ1) is 13.8. The molecule has 0 aromatic carbocycles. The number of carbonyl (C=O) groups is 5. The molecule has 4 amide bonds. The van der Waals surface area contributed by atoms with Crippen LogP contribution in [0.3, 0.4) is 0 Å². The number of rotatable bonds is 13. The van der Waals surface area contributed by atoms with Gasteiger partial charge >= 0.3 is 5.97 Å². The van der Waals surface area contributed by atoms with Crippen LogP contribution in [0, 0.1) is 11.8 Å². The van der Waals surface area contributed by atoms with E-state index in [9.17, 15) is 24.0 Å². The molecule has 8 N–H and O–H groups in total. The van der Waals surface area contributed by atoms with Crippen molar-refractivity contribution < 1.29 is 29.1 Å². The SMILES string of the molecule is CCC(C)C(N)C(=O)NC(CS)C(=O)NC(C(=O)NC(CC(N)=O)C(=O)O)C(C)C. The van der Waals surface area contributed by atoms with Gasteiger partial charge in [-0.15, -0.1) is 0 Å². The molecule has 0 aromatic heterocycles. The predicted molar refractivity (Wildman–Crippen MR) is 113 cm³/mol. The predicted octanol–water partition coefficient (Wildman–Crippen LogP) is -1.64. The van der Waals surface area contributed by atoms with Crippen LogP contribution in [0.4, 0.5) is 0 Å². The van der Waals surface area contributed by atoms with Crippen LogP contribution in [-0.4, -0.2) is 64.6 Å². The van der Waals surface area contributed by atoms with E-state index in [1.54, 1.807) is 13.8 Å². The minimum Gasteiger partial charge on any atom is -0.480 e. The molecule has 12 heteroatoms. The Labute approximate surface area is 181 Å². The fraction of sp³-hybridized carbons (Fsp3) is 0.722. The van der Waals surface area contributed by atoms with E-state index in [0.717, 1.165) is 0 Å². The van der Waals surface area contributed by atoms with Gasteiger partial charge in [-0.25, -0.2) is 4.79 Å². The van der Waals surface area contributed by atoms with Gasteiger partial charge in [0, 0.05) is 5.75 Å². The van der Waals surface area contributed by atoms with Gasteiger partial charge in [-0.1, -0.05) is 34.1 Å². The Kier molecular flexibility index (Phi) is 12.0. The number of hydrogen-bond donors (Lipinski definition) is 7. The summed E-state index contributed by atoms with van der Waals surface area (Å²) in [5.74, 6) is -4.89. The van der Waals surface area contributed by atoms with E-state index < -0.39 is 66.1 Å². The molecular weight excluding hydrogens is 414 g/mol. The van der Waals surface area contributed by atoms with E-state index in [1.165, 1.54) is 0 Å². The Bertz CT molecular complexity index is 645. The van der Waals surface area contributed by atoms with Crippen LogP contribution in [0.1, 0.15) is 40.5 Å². The molecule has 172 valence electrons. The molecule has 0 bridgehead atoms. The zero-order valence-corrected chi connectivity index (χ0v) is 18.6. The molecule has 0 aliphatic carbocycles. The Balaban J connectivity index is 5.23. The van der Waals surface area contributed by atoms with Crippen molar-refractivity contribution in [2.75, 3.05) is 5.75 Å². The lowest BCUT2D eigenvalue weighted by molar-refractivity contribution is -0.144. The fourth-order valence-electron chi connectivity index (χ4n) is 2.43. The number of aliphatic carboxylic acids is 1. The zero-order valence-electron chi connectivity index (χ0n) is 17.7. The van der Waals surface area contributed by atoms with E-state index in [-0.39, 0.29) is 11.7 Å². The number of nitrogens with two attached hydrogens (primary N) is 2. The first-order valence-electron chi connectivity index (χ1n) is 9.64. The van der Waals surface area contributed by atoms with Gasteiger partial charge in [0.15, 0.2) is 0 Å². The molecule has 30 heavy (non-hydrogen) atoms. The first kappa shape index (κ1) is 27.7. The van der Waals surface area contributed by atoms with Gasteiger partial charge in [0.2, 0.25) is 23.6 Å². The third-order valence-electron chi connectivity index (χ3n) is 4.64. The molecule has 0 saturated heterocycles. The summed E-state index contributed by atoms with van der Waals surface area (Å²) >= 11 is 4.07. The molecule has 0 aromatic rings. The molecule has 0 aliphatic rings. The van der Waals surface area contributed by atoms with Crippen molar-refractivity contribution in [3.63, 3.8) is 0 Å². The van der Waals surface area contributed by atoms with Crippen LogP contribution >= 0.6 is 12.6 Å². The molecule has 11 nitrogen and oxygen atoms in total. The van der Waals surface area contributed by atoms with Crippen molar-refractivity contribution in [1.29, 1.82) is 0 Å². The Morgan fingerprint density at radius 1 is 0.933 bits per heavy atom. The van der Waals surface area contributed by atoms with Gasteiger partial charge < -0.3 is 32.5 Å². The molecule has 5 atom stereocenters. The van der Waals surface area contributed by atoms with Crippen molar-refractivity contribution in [3.05, 3.63) is 0 Å². The summed E-state index contributed by atoms with van der Waals surface area (Å²) in [6.07, 6.45) is 0.0840. The quantitative estimate of drug-likeness (QED) is 0.164. The Hall–Kier alpha value is -2.34. The minimum atomic E-state index is -1.53. The van der Waals surface area contributed by atoms with Crippen LogP contribution in [0.15, 0.2) is 0 Å². The van der Waals surface area contributed by atoms with Crippen LogP contribution in [-0.2, 0) is 24.0 Å². The van der Waals surface area contributed by atoms with Gasteiger partial charge in [-0.2, -0.15) is 12.6 Å². The van der Waals surface area contributed by atoms with E-state index in [4.69, 9.17) is 16.6 Å². The van der Waals surface area contributed by atoms with Gasteiger partial charge in [-0.05, 0) is 11.8 Å². The average molecular weight is 448 g/mol. The maximum absolute atomic E-state index is 12.6. The second-order valence-electron chi connectivity index (χ2n) is 7.46. The molecule has 0 heterocycles. The van der Waals surface area contributed by atoms with Crippen LogP contribution in [0.2, 0.25) is 0 Å². The standard InChI is InChI=1S/C18H33N5O6S/c1-5-9(4)13(20)16(26)22-11(7-30)15(25)23-14(8(2)3)17(27)21-10(18(28)29)6-12(19)24/h8-11,13-14,30H,5-7,20H2,1-4H3,(H2,19,24)(H,21,27)(H,22,26)(H,23,25)(H,28,29). The molecule has 0 aliphatic heterocycles. The number of hydrogen-bond acceptors (Lipinski definition) is 7. The van der Waals surface area contributed by atoms with Crippen LogP contribution in [0.5, 0.6) is 0 Å². The number of carboxylic acid groups (broad SMARTS) is 1. The normalized spacial score (nSPS) is 16.0. The van der Waals surface area contributed by atoms with Crippen molar-refractivity contribution in [1.82, 2.24) is 16.0 Å². The van der Waals surface area contributed by atoms with Gasteiger partial charge in [0.1, 0.15) is 18.1 Å². The number of thiol groups is 1. The smallest absolute Gasteiger partial charge is 0.326 e. The molecule has 5 unspecified atom stereocenters. The maximum atomic E-state index is 12.6. The highest BCUT2D eigenvalue weighted by molar-refractivity contribution is 7.80. The highest BCUT2D eigenvalue weighted by Crippen LogP contribution is 2.07.